The van der Waals surface area contributed by atoms with Crippen LogP contribution in [0.1, 0.15) is 36.2 Å². The van der Waals surface area contributed by atoms with Gasteiger partial charge in [0.25, 0.3) is 5.91 Å². The first-order valence-electron chi connectivity index (χ1n) is 9.63. The van der Waals surface area contributed by atoms with Crippen LogP contribution in [0.4, 0.5) is 0 Å². The van der Waals surface area contributed by atoms with E-state index in [0.717, 1.165) is 5.56 Å². The van der Waals surface area contributed by atoms with E-state index in [4.69, 9.17) is 23.2 Å². The van der Waals surface area contributed by atoms with Crippen LogP contribution in [0.2, 0.25) is 10.0 Å². The smallest absolute Gasteiger partial charge is 0.426 e. The van der Waals surface area contributed by atoms with Crippen LogP contribution in [-0.4, -0.2) is 41.0 Å². The van der Waals surface area contributed by atoms with Gasteiger partial charge in [0.15, 0.2) is 0 Å². The molecule has 0 bridgehead atoms. The Hall–Kier alpha value is -2.06. The number of hydrogen-bond acceptors (Lipinski definition) is 4. The van der Waals surface area contributed by atoms with Crippen molar-refractivity contribution in [2.24, 2.45) is 5.92 Å². The van der Waals surface area contributed by atoms with E-state index in [1.54, 1.807) is 6.07 Å². The SMILES string of the molecule is CC(C)C[C@H](NC(=O)[C@H](Cc1ccccc1)NC(=O)c1cc(Cl)ccc1Cl)B(O)O. The van der Waals surface area contributed by atoms with Gasteiger partial charge in [-0.15, -0.1) is 0 Å². The van der Waals surface area contributed by atoms with Gasteiger partial charge in [-0.1, -0.05) is 67.4 Å². The minimum Gasteiger partial charge on any atom is -0.426 e. The normalized spacial score (nSPS) is 12.9. The summed E-state index contributed by atoms with van der Waals surface area (Å²) in [5.41, 5.74) is 0.982. The first-order chi connectivity index (χ1) is 14.2. The molecule has 0 unspecified atom stereocenters. The van der Waals surface area contributed by atoms with Crippen LogP contribution in [0.3, 0.4) is 0 Å². The summed E-state index contributed by atoms with van der Waals surface area (Å²) in [6.45, 7) is 3.82. The first-order valence-corrected chi connectivity index (χ1v) is 10.4. The highest BCUT2D eigenvalue weighted by molar-refractivity contribution is 6.43. The van der Waals surface area contributed by atoms with Gasteiger partial charge in [0.2, 0.25) is 5.91 Å². The van der Waals surface area contributed by atoms with Crippen molar-refractivity contribution in [2.75, 3.05) is 0 Å². The zero-order valence-electron chi connectivity index (χ0n) is 16.8. The predicted octanol–water partition coefficient (Wildman–Crippen LogP) is 2.88. The van der Waals surface area contributed by atoms with Crippen LogP contribution in [0.25, 0.3) is 0 Å². The third-order valence-electron chi connectivity index (χ3n) is 4.49. The summed E-state index contributed by atoms with van der Waals surface area (Å²) in [5.74, 6) is -1.81. The topological polar surface area (TPSA) is 98.7 Å². The maximum Gasteiger partial charge on any atom is 0.475 e. The molecule has 0 aliphatic carbocycles. The second-order valence-corrected chi connectivity index (χ2v) is 8.34. The maximum atomic E-state index is 13.0. The van der Waals surface area contributed by atoms with Crippen molar-refractivity contribution in [1.29, 1.82) is 0 Å². The molecule has 0 saturated heterocycles. The fourth-order valence-electron chi connectivity index (χ4n) is 3.01. The standard InChI is InChI=1S/C21H25BCl2N2O4/c1-13(2)10-19(22(29)30)26-21(28)18(11-14-6-4-3-5-7-14)25-20(27)16-12-15(23)8-9-17(16)24/h3-9,12-13,18-19,29-30H,10-11H2,1-2H3,(H,25,27)(H,26,28)/t18-,19-/m0/s1. The minimum absolute atomic E-state index is 0.129. The molecule has 0 aliphatic heterocycles. The highest BCUT2D eigenvalue weighted by Crippen LogP contribution is 2.21. The summed E-state index contributed by atoms with van der Waals surface area (Å²) in [6.07, 6.45) is 0.585. The number of carbonyl (C=O) groups is 2. The van der Waals surface area contributed by atoms with Crippen molar-refractivity contribution in [3.05, 3.63) is 69.7 Å². The van der Waals surface area contributed by atoms with Gasteiger partial charge in [0.05, 0.1) is 16.5 Å². The van der Waals surface area contributed by atoms with E-state index in [2.05, 4.69) is 10.6 Å². The number of carbonyl (C=O) groups excluding carboxylic acids is 2. The summed E-state index contributed by atoms with van der Waals surface area (Å²) < 4.78 is 0. The molecular weight excluding hydrogens is 426 g/mol. The van der Waals surface area contributed by atoms with Crippen molar-refractivity contribution < 1.29 is 19.6 Å². The number of hydrogen-bond donors (Lipinski definition) is 4. The average molecular weight is 451 g/mol. The van der Waals surface area contributed by atoms with Crippen LogP contribution in [0, 0.1) is 5.92 Å². The molecule has 6 nitrogen and oxygen atoms in total. The van der Waals surface area contributed by atoms with E-state index in [9.17, 15) is 19.6 Å². The molecule has 2 aromatic carbocycles. The Morgan fingerprint density at radius 2 is 1.70 bits per heavy atom. The molecule has 4 N–H and O–H groups in total. The van der Waals surface area contributed by atoms with Crippen molar-refractivity contribution in [1.82, 2.24) is 10.6 Å². The summed E-state index contributed by atoms with van der Waals surface area (Å²) in [6, 6.07) is 12.7. The third kappa shape index (κ3) is 7.33. The second kappa shape index (κ2) is 11.4. The van der Waals surface area contributed by atoms with Gasteiger partial charge in [-0.05, 0) is 36.1 Å². The lowest BCUT2D eigenvalue weighted by atomic mass is 9.75. The van der Waals surface area contributed by atoms with Gasteiger partial charge in [-0.2, -0.15) is 0 Å². The van der Waals surface area contributed by atoms with Gasteiger partial charge in [-0.25, -0.2) is 0 Å². The summed E-state index contributed by atoms with van der Waals surface area (Å²) >= 11 is 12.1. The van der Waals surface area contributed by atoms with Crippen LogP contribution in [-0.2, 0) is 11.2 Å². The molecule has 9 heteroatoms. The quantitative estimate of drug-likeness (QED) is 0.441. The van der Waals surface area contributed by atoms with E-state index in [1.807, 2.05) is 44.2 Å². The van der Waals surface area contributed by atoms with E-state index < -0.39 is 30.9 Å². The molecular formula is C21H25BCl2N2O4. The predicted molar refractivity (Wildman–Crippen MR) is 119 cm³/mol. The number of amides is 2. The van der Waals surface area contributed by atoms with E-state index in [0.29, 0.717) is 11.4 Å². The molecule has 0 aliphatic rings. The molecule has 2 aromatic rings. The Balaban J connectivity index is 2.24. The average Bonchev–Trinajstić information content (AvgIpc) is 2.69. The number of rotatable bonds is 9. The van der Waals surface area contributed by atoms with E-state index in [-0.39, 0.29) is 22.9 Å². The number of benzene rings is 2. The monoisotopic (exact) mass is 450 g/mol. The van der Waals surface area contributed by atoms with Crippen LogP contribution in [0.15, 0.2) is 48.5 Å². The highest BCUT2D eigenvalue weighted by atomic mass is 35.5. The lowest BCUT2D eigenvalue weighted by Crippen LogP contribution is -2.55. The van der Waals surface area contributed by atoms with Crippen LogP contribution in [0.5, 0.6) is 0 Å². The molecule has 0 radical (unpaired) electrons. The third-order valence-corrected chi connectivity index (χ3v) is 5.06. The van der Waals surface area contributed by atoms with Crippen molar-refractivity contribution >= 4 is 42.1 Å². The van der Waals surface area contributed by atoms with Gasteiger partial charge in [0, 0.05) is 11.4 Å². The lowest BCUT2D eigenvalue weighted by molar-refractivity contribution is -0.123. The van der Waals surface area contributed by atoms with Gasteiger partial charge in [0.1, 0.15) is 6.04 Å². The summed E-state index contributed by atoms with van der Waals surface area (Å²) in [4.78, 5) is 25.7. The van der Waals surface area contributed by atoms with Gasteiger partial charge >= 0.3 is 7.12 Å². The highest BCUT2D eigenvalue weighted by Gasteiger charge is 2.30. The first kappa shape index (κ1) is 24.2. The van der Waals surface area contributed by atoms with Crippen LogP contribution < -0.4 is 10.6 Å². The van der Waals surface area contributed by atoms with Gasteiger partial charge in [-0.3, -0.25) is 9.59 Å². The molecule has 2 rings (SSSR count). The molecule has 30 heavy (non-hydrogen) atoms. The molecule has 0 heterocycles. The van der Waals surface area contributed by atoms with Gasteiger partial charge < -0.3 is 20.7 Å². The zero-order valence-corrected chi connectivity index (χ0v) is 18.3. The van der Waals surface area contributed by atoms with Crippen molar-refractivity contribution in [2.45, 2.75) is 38.7 Å². The molecule has 0 fully saturated rings. The fraction of sp³-hybridized carbons (Fsp3) is 0.333. The summed E-state index contributed by atoms with van der Waals surface area (Å²) in [7, 11) is -1.72. The molecule has 2 amide bonds. The van der Waals surface area contributed by atoms with Crippen LogP contribution >= 0.6 is 23.2 Å². The summed E-state index contributed by atoms with van der Waals surface area (Å²) in [5, 5.41) is 25.1. The van der Waals surface area contributed by atoms with Crippen molar-refractivity contribution in [3.8, 4) is 0 Å². The Morgan fingerprint density at radius 3 is 2.30 bits per heavy atom. The Morgan fingerprint density at radius 1 is 1.03 bits per heavy atom. The molecule has 0 saturated carbocycles. The number of halogens is 2. The lowest BCUT2D eigenvalue weighted by Gasteiger charge is -2.24. The number of nitrogens with one attached hydrogen (secondary N) is 2. The second-order valence-electron chi connectivity index (χ2n) is 7.50. The Labute approximate surface area is 186 Å². The molecule has 160 valence electrons. The zero-order chi connectivity index (χ0) is 22.3. The van der Waals surface area contributed by atoms with E-state index in [1.165, 1.54) is 12.1 Å². The largest absolute Gasteiger partial charge is 0.475 e. The molecule has 0 spiro atoms. The Bertz CT molecular complexity index is 865. The van der Waals surface area contributed by atoms with E-state index >= 15 is 0 Å². The Kier molecular flexibility index (Phi) is 9.18. The minimum atomic E-state index is -1.72. The molecule has 2 atom stereocenters. The maximum absolute atomic E-state index is 13.0. The van der Waals surface area contributed by atoms with Crippen molar-refractivity contribution in [3.63, 3.8) is 0 Å². The fourth-order valence-corrected chi connectivity index (χ4v) is 3.39. The molecule has 0 aromatic heterocycles.